The van der Waals surface area contributed by atoms with Crippen LogP contribution in [0.15, 0.2) is 84.1 Å². The molecular weight excluding hydrogens is 490 g/mol. The summed E-state index contributed by atoms with van der Waals surface area (Å²) in [5.41, 5.74) is 3.68. The zero-order valence-electron chi connectivity index (χ0n) is 19.9. The Labute approximate surface area is 216 Å². The van der Waals surface area contributed by atoms with E-state index in [1.807, 2.05) is 56.3 Å². The number of allylic oxidation sites excluding steroid dienone is 1. The number of aryl methyl sites for hydroxylation is 2. The normalized spacial score (nSPS) is 15.8. The van der Waals surface area contributed by atoms with Crippen LogP contribution in [0.4, 0.5) is 10.8 Å². The van der Waals surface area contributed by atoms with E-state index in [2.05, 4.69) is 4.98 Å². The van der Waals surface area contributed by atoms with Crippen molar-refractivity contribution in [3.63, 3.8) is 0 Å². The first kappa shape index (κ1) is 24.1. The van der Waals surface area contributed by atoms with Gasteiger partial charge in [0.25, 0.3) is 11.6 Å². The topological polar surface area (TPSA) is 114 Å². The van der Waals surface area contributed by atoms with E-state index in [0.29, 0.717) is 10.7 Å². The van der Waals surface area contributed by atoms with Gasteiger partial charge in [-0.05, 0) is 60.4 Å². The highest BCUT2D eigenvalue weighted by molar-refractivity contribution is 7.22. The highest BCUT2D eigenvalue weighted by Crippen LogP contribution is 2.44. The third-order valence-corrected chi connectivity index (χ3v) is 7.15. The number of ketones is 1. The van der Waals surface area contributed by atoms with E-state index in [1.54, 1.807) is 6.08 Å². The zero-order chi connectivity index (χ0) is 26.3. The highest BCUT2D eigenvalue weighted by atomic mass is 32.1. The van der Waals surface area contributed by atoms with Gasteiger partial charge in [-0.2, -0.15) is 0 Å². The minimum absolute atomic E-state index is 0.113. The van der Waals surface area contributed by atoms with Gasteiger partial charge in [-0.1, -0.05) is 53.8 Å². The summed E-state index contributed by atoms with van der Waals surface area (Å²) in [5, 5.41) is 22.4. The molecule has 4 aromatic rings. The number of nitro benzene ring substituents is 1. The predicted octanol–water partition coefficient (Wildman–Crippen LogP) is 6.00. The van der Waals surface area contributed by atoms with Crippen molar-refractivity contribution in [1.29, 1.82) is 0 Å². The molecule has 1 aliphatic heterocycles. The van der Waals surface area contributed by atoms with Crippen molar-refractivity contribution in [2.45, 2.75) is 19.9 Å². The van der Waals surface area contributed by atoms with Crippen LogP contribution < -0.4 is 4.90 Å². The lowest BCUT2D eigenvalue weighted by molar-refractivity contribution is -0.384. The summed E-state index contributed by atoms with van der Waals surface area (Å²) in [5.74, 6) is -1.97. The number of carbonyl (C=O) groups is 2. The van der Waals surface area contributed by atoms with Gasteiger partial charge in [0.15, 0.2) is 16.7 Å². The number of hydrogen-bond donors (Lipinski definition) is 1. The number of thiazole rings is 1. The summed E-state index contributed by atoms with van der Waals surface area (Å²) in [7, 11) is 0. The smallest absolute Gasteiger partial charge is 0.296 e. The van der Waals surface area contributed by atoms with Crippen LogP contribution in [0.1, 0.15) is 28.3 Å². The lowest BCUT2D eigenvalue weighted by Crippen LogP contribution is -2.30. The second-order valence-electron chi connectivity index (χ2n) is 8.72. The molecule has 0 spiro atoms. The number of aliphatic hydroxyl groups excluding tert-OH is 1. The average molecular weight is 512 g/mol. The molecule has 1 N–H and O–H groups in total. The second-order valence-corrected chi connectivity index (χ2v) is 9.73. The molecular formula is C28H21N3O5S. The van der Waals surface area contributed by atoms with Crippen LogP contribution in [0.5, 0.6) is 0 Å². The van der Waals surface area contributed by atoms with Gasteiger partial charge in [-0.3, -0.25) is 24.6 Å². The Morgan fingerprint density at radius 3 is 2.49 bits per heavy atom. The number of hydrogen-bond acceptors (Lipinski definition) is 7. The summed E-state index contributed by atoms with van der Waals surface area (Å²) in [6, 6.07) is 17.7. The van der Waals surface area contributed by atoms with Crippen LogP contribution in [-0.2, 0) is 9.59 Å². The standard InChI is InChI=1S/C28H21N3O5S/c1-16-14-17(2)24-22(15-16)37-28(29-24)30-25(19-9-11-20(12-10-19)31(35)36)23(26(33)27(30)34)21(32)13-8-18-6-4-3-5-7-18/h3-15,25,33H,1-2H3/b13-8+. The minimum atomic E-state index is -1.01. The zero-order valence-corrected chi connectivity index (χ0v) is 20.7. The van der Waals surface area contributed by atoms with E-state index in [1.165, 1.54) is 46.6 Å². The molecule has 5 rings (SSSR count). The Hall–Kier alpha value is -4.63. The number of carbonyl (C=O) groups excluding carboxylic acids is 2. The van der Waals surface area contributed by atoms with Gasteiger partial charge >= 0.3 is 0 Å². The molecule has 9 heteroatoms. The maximum atomic E-state index is 13.4. The van der Waals surface area contributed by atoms with E-state index in [0.717, 1.165) is 26.9 Å². The number of fused-ring (bicyclic) bond motifs is 1. The van der Waals surface area contributed by atoms with Gasteiger partial charge in [0.2, 0.25) is 0 Å². The van der Waals surface area contributed by atoms with Crippen LogP contribution in [-0.4, -0.2) is 26.7 Å². The van der Waals surface area contributed by atoms with Crippen molar-refractivity contribution in [3.05, 3.63) is 117 Å². The number of rotatable bonds is 6. The Morgan fingerprint density at radius 1 is 1.11 bits per heavy atom. The SMILES string of the molecule is Cc1cc(C)c2nc(N3C(=O)C(O)=C(C(=O)/C=C/c4ccccc4)C3c3ccc([N+](=O)[O-])cc3)sc2c1. The van der Waals surface area contributed by atoms with Crippen LogP contribution in [0.25, 0.3) is 16.3 Å². The van der Waals surface area contributed by atoms with E-state index in [9.17, 15) is 24.8 Å². The predicted molar refractivity (Wildman–Crippen MR) is 143 cm³/mol. The van der Waals surface area contributed by atoms with E-state index >= 15 is 0 Å². The Morgan fingerprint density at radius 2 is 1.81 bits per heavy atom. The largest absolute Gasteiger partial charge is 0.503 e. The first-order valence-electron chi connectivity index (χ1n) is 11.4. The van der Waals surface area contributed by atoms with Gasteiger partial charge in [0.05, 0.1) is 26.8 Å². The maximum absolute atomic E-state index is 13.4. The molecule has 0 fully saturated rings. The van der Waals surface area contributed by atoms with Crippen LogP contribution in [0.2, 0.25) is 0 Å². The fourth-order valence-electron chi connectivity index (χ4n) is 4.44. The molecule has 0 radical (unpaired) electrons. The van der Waals surface area contributed by atoms with Gasteiger partial charge in [-0.15, -0.1) is 0 Å². The lowest BCUT2D eigenvalue weighted by atomic mass is 9.95. The molecule has 1 aromatic heterocycles. The number of nitrogens with zero attached hydrogens (tertiary/aromatic N) is 3. The second kappa shape index (κ2) is 9.44. The number of non-ortho nitro benzene ring substituents is 1. The summed E-state index contributed by atoms with van der Waals surface area (Å²) >= 11 is 1.28. The van der Waals surface area contributed by atoms with Crippen molar-refractivity contribution in [1.82, 2.24) is 4.98 Å². The third kappa shape index (κ3) is 4.41. The fourth-order valence-corrected chi connectivity index (χ4v) is 5.60. The average Bonchev–Trinajstić information content (AvgIpc) is 3.42. The van der Waals surface area contributed by atoms with Crippen molar-refractivity contribution in [3.8, 4) is 0 Å². The lowest BCUT2D eigenvalue weighted by Gasteiger charge is -2.24. The molecule has 1 atom stereocenters. The third-order valence-electron chi connectivity index (χ3n) is 6.14. The van der Waals surface area contributed by atoms with Gasteiger partial charge in [0, 0.05) is 12.1 Å². The number of amides is 1. The van der Waals surface area contributed by atoms with Crippen molar-refractivity contribution in [2.24, 2.45) is 0 Å². The Balaban J connectivity index is 1.63. The van der Waals surface area contributed by atoms with Crippen molar-refractivity contribution >= 4 is 50.1 Å². The van der Waals surface area contributed by atoms with Crippen LogP contribution in [0, 0.1) is 24.0 Å². The first-order valence-corrected chi connectivity index (χ1v) is 12.2. The quantitative estimate of drug-likeness (QED) is 0.193. The van der Waals surface area contributed by atoms with Gasteiger partial charge < -0.3 is 5.11 Å². The molecule has 1 aliphatic rings. The molecule has 0 saturated heterocycles. The van der Waals surface area contributed by atoms with Crippen molar-refractivity contribution < 1.29 is 19.6 Å². The molecule has 184 valence electrons. The summed E-state index contributed by atoms with van der Waals surface area (Å²) in [6.07, 6.45) is 2.91. The molecule has 2 heterocycles. The van der Waals surface area contributed by atoms with E-state index in [-0.39, 0.29) is 11.3 Å². The fraction of sp³-hybridized carbons (Fsp3) is 0.107. The molecule has 8 nitrogen and oxygen atoms in total. The van der Waals surface area contributed by atoms with Crippen LogP contribution in [0.3, 0.4) is 0 Å². The molecule has 1 amide bonds. The molecule has 3 aromatic carbocycles. The molecule has 1 unspecified atom stereocenters. The van der Waals surface area contributed by atoms with E-state index < -0.39 is 28.4 Å². The molecule has 0 saturated carbocycles. The number of nitro groups is 1. The summed E-state index contributed by atoms with van der Waals surface area (Å²) in [6.45, 7) is 3.90. The summed E-state index contributed by atoms with van der Waals surface area (Å²) in [4.78, 5) is 43.4. The Kier molecular flexibility index (Phi) is 6.14. The van der Waals surface area contributed by atoms with E-state index in [4.69, 9.17) is 0 Å². The number of benzene rings is 3. The number of anilines is 1. The van der Waals surface area contributed by atoms with Gasteiger partial charge in [0.1, 0.15) is 0 Å². The summed E-state index contributed by atoms with van der Waals surface area (Å²) < 4.78 is 0.867. The van der Waals surface area contributed by atoms with Gasteiger partial charge in [-0.25, -0.2) is 4.98 Å². The molecule has 0 bridgehead atoms. The van der Waals surface area contributed by atoms with Crippen LogP contribution >= 0.6 is 11.3 Å². The monoisotopic (exact) mass is 511 g/mol. The highest BCUT2D eigenvalue weighted by Gasteiger charge is 2.45. The first-order chi connectivity index (χ1) is 17.7. The minimum Gasteiger partial charge on any atom is -0.503 e. The number of aliphatic hydroxyl groups is 1. The maximum Gasteiger partial charge on any atom is 0.296 e. The molecule has 37 heavy (non-hydrogen) atoms. The van der Waals surface area contributed by atoms with Crippen molar-refractivity contribution in [2.75, 3.05) is 4.90 Å². The number of aromatic nitrogens is 1. The Bertz CT molecular complexity index is 1620. The molecule has 0 aliphatic carbocycles.